The molecule has 0 atom stereocenters. The van der Waals surface area contributed by atoms with Crippen molar-refractivity contribution >= 4 is 5.57 Å². The summed E-state index contributed by atoms with van der Waals surface area (Å²) in [5.41, 5.74) is 3.73. The lowest BCUT2D eigenvalue weighted by Gasteiger charge is -2.04. The van der Waals surface area contributed by atoms with Crippen molar-refractivity contribution in [1.82, 2.24) is 0 Å². The summed E-state index contributed by atoms with van der Waals surface area (Å²) in [4.78, 5) is 0. The Hall–Kier alpha value is -1.56. The molecular weight excluding hydrogens is 180 g/mol. The highest BCUT2D eigenvalue weighted by molar-refractivity contribution is 5.63. The first kappa shape index (κ1) is 11.5. The van der Waals surface area contributed by atoms with E-state index in [4.69, 9.17) is 0 Å². The predicted molar refractivity (Wildman–Crippen MR) is 68.8 cm³/mol. The van der Waals surface area contributed by atoms with E-state index in [1.807, 2.05) is 6.08 Å². The van der Waals surface area contributed by atoms with E-state index in [2.05, 4.69) is 50.4 Å². The van der Waals surface area contributed by atoms with Crippen molar-refractivity contribution in [3.8, 4) is 0 Å². The van der Waals surface area contributed by atoms with Crippen LogP contribution in [0.25, 0.3) is 5.57 Å². The zero-order valence-electron chi connectivity index (χ0n) is 9.37. The molecule has 1 aromatic carbocycles. The van der Waals surface area contributed by atoms with Crippen LogP contribution < -0.4 is 0 Å². The molecule has 78 valence electrons. The van der Waals surface area contributed by atoms with Gasteiger partial charge in [0.2, 0.25) is 0 Å². The summed E-state index contributed by atoms with van der Waals surface area (Å²) in [6, 6.07) is 8.52. The first-order valence-electron chi connectivity index (χ1n) is 5.26. The van der Waals surface area contributed by atoms with Crippen molar-refractivity contribution in [3.63, 3.8) is 0 Å². The fourth-order valence-corrected chi connectivity index (χ4v) is 1.38. The molecule has 0 nitrogen and oxygen atoms in total. The van der Waals surface area contributed by atoms with Gasteiger partial charge in [-0.1, -0.05) is 61.2 Å². The average molecular weight is 198 g/mol. The van der Waals surface area contributed by atoms with E-state index in [0.29, 0.717) is 0 Å². The largest absolute Gasteiger partial charge is 0.0991 e. The van der Waals surface area contributed by atoms with Crippen LogP contribution in [0.2, 0.25) is 0 Å². The minimum atomic E-state index is 1.01. The molecule has 1 rings (SSSR count). The molecule has 0 bridgehead atoms. The van der Waals surface area contributed by atoms with Gasteiger partial charge in [0.05, 0.1) is 0 Å². The molecular formula is C15H18. The molecule has 0 saturated heterocycles. The summed E-state index contributed by atoms with van der Waals surface area (Å²) in [6.45, 7) is 9.83. The van der Waals surface area contributed by atoms with Gasteiger partial charge in [0, 0.05) is 0 Å². The van der Waals surface area contributed by atoms with Crippen LogP contribution in [0, 0.1) is 6.92 Å². The fourth-order valence-electron chi connectivity index (χ4n) is 1.38. The molecule has 0 amide bonds. The van der Waals surface area contributed by atoms with Gasteiger partial charge in [-0.2, -0.15) is 0 Å². The molecule has 0 aliphatic carbocycles. The van der Waals surface area contributed by atoms with E-state index in [0.717, 1.165) is 12.8 Å². The lowest BCUT2D eigenvalue weighted by atomic mass is 10.0. The van der Waals surface area contributed by atoms with Crippen LogP contribution in [0.15, 0.2) is 55.7 Å². The van der Waals surface area contributed by atoms with Gasteiger partial charge in [-0.3, -0.25) is 0 Å². The summed E-state index contributed by atoms with van der Waals surface area (Å²) >= 11 is 0. The van der Waals surface area contributed by atoms with Gasteiger partial charge in [-0.05, 0) is 30.9 Å². The van der Waals surface area contributed by atoms with Gasteiger partial charge in [0.1, 0.15) is 0 Å². The molecule has 1 aromatic rings. The smallest absolute Gasteiger partial charge is 0.0230 e. The molecule has 0 fully saturated rings. The normalized spacial score (nSPS) is 10.5. The van der Waals surface area contributed by atoms with Crippen molar-refractivity contribution < 1.29 is 0 Å². The number of hydrogen-bond acceptors (Lipinski definition) is 0. The van der Waals surface area contributed by atoms with Gasteiger partial charge >= 0.3 is 0 Å². The third kappa shape index (κ3) is 3.99. The lowest BCUT2D eigenvalue weighted by molar-refractivity contribution is 1.07. The highest BCUT2D eigenvalue weighted by Gasteiger charge is 1.96. The third-order valence-corrected chi connectivity index (χ3v) is 2.34. The standard InChI is InChI=1S/C15H18/c1-4-5-6-7-8-14(3)15-11-9-13(2)10-12-15/h4-6,9-12H,1,3,7-8H2,2H3/b6-5-. The van der Waals surface area contributed by atoms with E-state index in [-0.39, 0.29) is 0 Å². The number of hydrogen-bond donors (Lipinski definition) is 0. The second-order valence-corrected chi connectivity index (χ2v) is 3.67. The van der Waals surface area contributed by atoms with Crippen molar-refractivity contribution in [1.29, 1.82) is 0 Å². The molecule has 0 radical (unpaired) electrons. The summed E-state index contributed by atoms with van der Waals surface area (Å²) in [7, 11) is 0. The van der Waals surface area contributed by atoms with E-state index < -0.39 is 0 Å². The Morgan fingerprint density at radius 3 is 2.53 bits per heavy atom. The van der Waals surface area contributed by atoms with Gasteiger partial charge in [-0.15, -0.1) is 0 Å². The van der Waals surface area contributed by atoms with Crippen LogP contribution in [0.4, 0.5) is 0 Å². The molecule has 0 heterocycles. The maximum Gasteiger partial charge on any atom is -0.0230 e. The molecule has 0 heteroatoms. The SMILES string of the molecule is C=C/C=C\CCC(=C)c1ccc(C)cc1. The summed E-state index contributed by atoms with van der Waals surface area (Å²) < 4.78 is 0. The molecule has 0 aromatic heterocycles. The second kappa shape index (κ2) is 6.02. The highest BCUT2D eigenvalue weighted by Crippen LogP contribution is 2.18. The predicted octanol–water partition coefficient (Wildman–Crippen LogP) is 4.53. The molecule has 15 heavy (non-hydrogen) atoms. The van der Waals surface area contributed by atoms with Crippen LogP contribution in [0.3, 0.4) is 0 Å². The Kier molecular flexibility index (Phi) is 4.62. The Balaban J connectivity index is 2.50. The van der Waals surface area contributed by atoms with E-state index in [9.17, 15) is 0 Å². The van der Waals surface area contributed by atoms with Crippen molar-refractivity contribution in [2.75, 3.05) is 0 Å². The number of rotatable bonds is 5. The maximum absolute atomic E-state index is 4.09. The van der Waals surface area contributed by atoms with Crippen LogP contribution in [-0.2, 0) is 0 Å². The monoisotopic (exact) mass is 198 g/mol. The number of aryl methyl sites for hydroxylation is 1. The minimum absolute atomic E-state index is 1.01. The van der Waals surface area contributed by atoms with E-state index in [1.165, 1.54) is 16.7 Å². The molecule has 0 aliphatic rings. The third-order valence-electron chi connectivity index (χ3n) is 2.34. The Morgan fingerprint density at radius 1 is 1.27 bits per heavy atom. The van der Waals surface area contributed by atoms with Crippen molar-refractivity contribution in [2.24, 2.45) is 0 Å². The quantitative estimate of drug-likeness (QED) is 0.610. The number of allylic oxidation sites excluding steroid dienone is 4. The second-order valence-electron chi connectivity index (χ2n) is 3.67. The van der Waals surface area contributed by atoms with Crippen LogP contribution in [0.5, 0.6) is 0 Å². The van der Waals surface area contributed by atoms with Gasteiger partial charge in [0.15, 0.2) is 0 Å². The van der Waals surface area contributed by atoms with Gasteiger partial charge in [-0.25, -0.2) is 0 Å². The topological polar surface area (TPSA) is 0 Å². The summed E-state index contributed by atoms with van der Waals surface area (Å²) in [6.07, 6.45) is 7.93. The fraction of sp³-hybridized carbons (Fsp3) is 0.200. The van der Waals surface area contributed by atoms with Crippen molar-refractivity contribution in [3.05, 3.63) is 66.8 Å². The van der Waals surface area contributed by atoms with Gasteiger partial charge in [0.25, 0.3) is 0 Å². The van der Waals surface area contributed by atoms with Crippen LogP contribution in [0.1, 0.15) is 24.0 Å². The lowest BCUT2D eigenvalue weighted by Crippen LogP contribution is -1.82. The Bertz CT molecular complexity index is 352. The minimum Gasteiger partial charge on any atom is -0.0991 e. The zero-order chi connectivity index (χ0) is 11.1. The van der Waals surface area contributed by atoms with E-state index in [1.54, 1.807) is 6.08 Å². The Labute approximate surface area is 92.6 Å². The molecule has 0 N–H and O–H groups in total. The molecule has 0 aliphatic heterocycles. The zero-order valence-corrected chi connectivity index (χ0v) is 9.37. The first-order chi connectivity index (χ1) is 7.24. The van der Waals surface area contributed by atoms with Crippen LogP contribution in [-0.4, -0.2) is 0 Å². The average Bonchev–Trinajstić information content (AvgIpc) is 2.25. The van der Waals surface area contributed by atoms with Crippen molar-refractivity contribution in [2.45, 2.75) is 19.8 Å². The number of benzene rings is 1. The van der Waals surface area contributed by atoms with Crippen LogP contribution >= 0.6 is 0 Å². The summed E-state index contributed by atoms with van der Waals surface area (Å²) in [5.74, 6) is 0. The summed E-state index contributed by atoms with van der Waals surface area (Å²) in [5, 5.41) is 0. The molecule has 0 saturated carbocycles. The Morgan fingerprint density at radius 2 is 1.93 bits per heavy atom. The maximum atomic E-state index is 4.09. The molecule has 0 unspecified atom stereocenters. The molecule has 0 spiro atoms. The highest BCUT2D eigenvalue weighted by atomic mass is 14.0. The van der Waals surface area contributed by atoms with Gasteiger partial charge < -0.3 is 0 Å². The van der Waals surface area contributed by atoms with E-state index >= 15 is 0 Å². The first-order valence-corrected chi connectivity index (χ1v) is 5.26.